The van der Waals surface area contributed by atoms with Crippen LogP contribution in [0.25, 0.3) is 0 Å². The lowest BCUT2D eigenvalue weighted by atomic mass is 10.2. The van der Waals surface area contributed by atoms with Crippen molar-refractivity contribution in [3.8, 4) is 0 Å². The second-order valence-corrected chi connectivity index (χ2v) is 7.44. The summed E-state index contributed by atoms with van der Waals surface area (Å²) < 4.78 is 0. The molecule has 33 heavy (non-hydrogen) atoms. The van der Waals surface area contributed by atoms with Crippen LogP contribution in [0.15, 0.2) is 53.5 Å². The number of H-pyrrole nitrogens is 2. The Morgan fingerprint density at radius 3 is 2.36 bits per heavy atom. The van der Waals surface area contributed by atoms with Crippen molar-refractivity contribution in [2.45, 2.75) is 20.8 Å². The number of hydrogen-bond acceptors (Lipinski definition) is 7. The van der Waals surface area contributed by atoms with Crippen molar-refractivity contribution in [1.82, 2.24) is 25.1 Å². The van der Waals surface area contributed by atoms with Crippen LogP contribution >= 0.6 is 0 Å². The number of benzene rings is 1. The van der Waals surface area contributed by atoms with Gasteiger partial charge in [0, 0.05) is 41.5 Å². The zero-order chi connectivity index (χ0) is 23.4. The molecule has 0 radical (unpaired) electrons. The van der Waals surface area contributed by atoms with Crippen LogP contribution in [-0.2, 0) is 0 Å². The third-order valence-electron chi connectivity index (χ3n) is 4.60. The number of anilines is 6. The number of carbonyl (C=O) groups excluding carboxylic acids is 1. The Hall–Kier alpha value is -4.67. The molecule has 0 aliphatic carbocycles. The lowest BCUT2D eigenvalue weighted by molar-refractivity contribution is 0.262. The van der Waals surface area contributed by atoms with E-state index in [9.17, 15) is 9.59 Å². The van der Waals surface area contributed by atoms with Crippen LogP contribution in [0.5, 0.6) is 0 Å². The molecule has 0 fully saturated rings. The second-order valence-electron chi connectivity index (χ2n) is 7.44. The molecular weight excluding hydrogens is 422 g/mol. The molecular formula is C22H23N9O2. The Morgan fingerprint density at radius 2 is 1.67 bits per heavy atom. The number of nitrogens with one attached hydrogen (secondary N) is 6. The van der Waals surface area contributed by atoms with Gasteiger partial charge < -0.3 is 26.3 Å². The van der Waals surface area contributed by atoms with E-state index in [2.05, 4.69) is 46.4 Å². The van der Waals surface area contributed by atoms with Crippen molar-refractivity contribution in [3.05, 3.63) is 76.0 Å². The highest BCUT2D eigenvalue weighted by molar-refractivity contribution is 5.99. The van der Waals surface area contributed by atoms with Gasteiger partial charge in [0.2, 0.25) is 11.5 Å². The maximum Gasteiger partial charge on any atom is 0.323 e. The fourth-order valence-corrected chi connectivity index (χ4v) is 3.10. The SMILES string of the molecule is Cc1cc(Nc2cc(C)nc(Nc3ccc(NC(=O)Nc4ccc(=O)[nH]c4)cc3C)n2)[nH]n1. The van der Waals surface area contributed by atoms with Crippen molar-refractivity contribution in [2.24, 2.45) is 0 Å². The van der Waals surface area contributed by atoms with Gasteiger partial charge in [-0.1, -0.05) is 0 Å². The summed E-state index contributed by atoms with van der Waals surface area (Å²) in [6.07, 6.45) is 1.43. The number of rotatable bonds is 6. The van der Waals surface area contributed by atoms with Crippen LogP contribution in [0.2, 0.25) is 0 Å². The highest BCUT2D eigenvalue weighted by Crippen LogP contribution is 2.24. The van der Waals surface area contributed by atoms with E-state index in [0.717, 1.165) is 28.5 Å². The maximum atomic E-state index is 12.2. The van der Waals surface area contributed by atoms with Gasteiger partial charge in [-0.05, 0) is 50.6 Å². The molecule has 0 aliphatic heterocycles. The van der Waals surface area contributed by atoms with E-state index in [4.69, 9.17) is 0 Å². The highest BCUT2D eigenvalue weighted by atomic mass is 16.2. The van der Waals surface area contributed by atoms with E-state index in [0.29, 0.717) is 23.1 Å². The second kappa shape index (κ2) is 9.22. The molecule has 3 aromatic heterocycles. The lowest BCUT2D eigenvalue weighted by Crippen LogP contribution is -2.20. The molecule has 11 nitrogen and oxygen atoms in total. The number of aromatic amines is 2. The van der Waals surface area contributed by atoms with Crippen molar-refractivity contribution in [3.63, 3.8) is 0 Å². The van der Waals surface area contributed by atoms with Gasteiger partial charge in [0.1, 0.15) is 11.6 Å². The summed E-state index contributed by atoms with van der Waals surface area (Å²) in [7, 11) is 0. The minimum absolute atomic E-state index is 0.239. The van der Waals surface area contributed by atoms with Gasteiger partial charge in [-0.25, -0.2) is 9.78 Å². The molecule has 11 heteroatoms. The van der Waals surface area contributed by atoms with E-state index in [1.54, 1.807) is 6.07 Å². The smallest absolute Gasteiger partial charge is 0.323 e. The Bertz CT molecular complexity index is 1340. The number of hydrogen-bond donors (Lipinski definition) is 6. The van der Waals surface area contributed by atoms with Gasteiger partial charge in [0.15, 0.2) is 0 Å². The van der Waals surface area contributed by atoms with Gasteiger partial charge in [-0.15, -0.1) is 0 Å². The van der Waals surface area contributed by atoms with Gasteiger partial charge >= 0.3 is 6.03 Å². The monoisotopic (exact) mass is 445 g/mol. The standard InChI is InChI=1S/C22H23N9O2/c1-12-8-15(25-22(33)26-16-5-7-20(32)23-11-16)4-6-17(12)27-21-24-13(2)9-18(29-21)28-19-10-14(3)30-31-19/h4-11H,1-3H3,(H,23,32)(H2,25,26,33)(H3,24,27,28,29,30,31). The first-order valence-corrected chi connectivity index (χ1v) is 10.1. The summed E-state index contributed by atoms with van der Waals surface area (Å²) in [5, 5.41) is 18.8. The molecule has 4 rings (SSSR count). The Balaban J connectivity index is 1.43. The highest BCUT2D eigenvalue weighted by Gasteiger charge is 2.08. The van der Waals surface area contributed by atoms with E-state index in [-0.39, 0.29) is 5.56 Å². The molecule has 0 atom stereocenters. The first kappa shape index (κ1) is 21.6. The number of pyridine rings is 1. The summed E-state index contributed by atoms with van der Waals surface area (Å²) in [5.41, 5.74) is 4.21. The zero-order valence-electron chi connectivity index (χ0n) is 18.3. The number of nitrogens with zero attached hydrogens (tertiary/aromatic N) is 3. The van der Waals surface area contributed by atoms with Gasteiger partial charge in [0.25, 0.3) is 0 Å². The molecule has 0 aliphatic rings. The minimum atomic E-state index is -0.422. The summed E-state index contributed by atoms with van der Waals surface area (Å²) in [4.78, 5) is 34.8. The maximum absolute atomic E-state index is 12.2. The Labute approximate surface area is 189 Å². The third kappa shape index (κ3) is 5.73. The zero-order valence-corrected chi connectivity index (χ0v) is 18.3. The predicted octanol–water partition coefficient (Wildman–Crippen LogP) is 3.94. The minimum Gasteiger partial charge on any atom is -0.327 e. The lowest BCUT2D eigenvalue weighted by Gasteiger charge is -2.13. The molecule has 0 bridgehead atoms. The van der Waals surface area contributed by atoms with E-state index in [1.165, 1.54) is 18.3 Å². The molecule has 2 amide bonds. The van der Waals surface area contributed by atoms with Gasteiger partial charge in [0.05, 0.1) is 11.4 Å². The number of urea groups is 1. The Morgan fingerprint density at radius 1 is 0.879 bits per heavy atom. The number of carbonyl (C=O) groups is 1. The summed E-state index contributed by atoms with van der Waals surface area (Å²) in [6.45, 7) is 5.70. The van der Waals surface area contributed by atoms with Crippen LogP contribution in [0.1, 0.15) is 17.0 Å². The summed E-state index contributed by atoms with van der Waals surface area (Å²) >= 11 is 0. The normalized spacial score (nSPS) is 10.5. The molecule has 0 saturated heterocycles. The van der Waals surface area contributed by atoms with Crippen molar-refractivity contribution >= 4 is 40.7 Å². The van der Waals surface area contributed by atoms with Gasteiger partial charge in [-0.2, -0.15) is 10.1 Å². The predicted molar refractivity (Wildman–Crippen MR) is 128 cm³/mol. The molecule has 1 aromatic carbocycles. The van der Waals surface area contributed by atoms with Crippen LogP contribution in [-0.4, -0.2) is 31.2 Å². The summed E-state index contributed by atoms with van der Waals surface area (Å²) in [5.74, 6) is 1.81. The molecule has 3 heterocycles. The summed E-state index contributed by atoms with van der Waals surface area (Å²) in [6, 6.07) is 11.6. The van der Waals surface area contributed by atoms with E-state index < -0.39 is 6.03 Å². The van der Waals surface area contributed by atoms with E-state index in [1.807, 2.05) is 45.0 Å². The first-order valence-electron chi connectivity index (χ1n) is 10.1. The van der Waals surface area contributed by atoms with Crippen molar-refractivity contribution in [1.29, 1.82) is 0 Å². The fourth-order valence-electron chi connectivity index (χ4n) is 3.10. The van der Waals surface area contributed by atoms with E-state index >= 15 is 0 Å². The molecule has 0 saturated carbocycles. The third-order valence-corrected chi connectivity index (χ3v) is 4.60. The average Bonchev–Trinajstić information content (AvgIpc) is 3.16. The number of aromatic nitrogens is 5. The van der Waals surface area contributed by atoms with Crippen molar-refractivity contribution in [2.75, 3.05) is 21.3 Å². The van der Waals surface area contributed by atoms with Crippen LogP contribution in [0.3, 0.4) is 0 Å². The number of amides is 2. The van der Waals surface area contributed by atoms with Crippen LogP contribution in [0.4, 0.5) is 39.4 Å². The quantitative estimate of drug-likeness (QED) is 0.263. The number of aryl methyl sites for hydroxylation is 3. The largest absolute Gasteiger partial charge is 0.327 e. The molecule has 168 valence electrons. The first-order chi connectivity index (χ1) is 15.8. The fraction of sp³-hybridized carbons (Fsp3) is 0.136. The Kier molecular flexibility index (Phi) is 6.02. The molecule has 0 unspecified atom stereocenters. The van der Waals surface area contributed by atoms with Crippen LogP contribution < -0.4 is 26.8 Å². The van der Waals surface area contributed by atoms with Gasteiger partial charge in [-0.3, -0.25) is 9.89 Å². The molecule has 4 aromatic rings. The van der Waals surface area contributed by atoms with Crippen LogP contribution in [0, 0.1) is 20.8 Å². The molecule has 6 N–H and O–H groups in total. The topological polar surface area (TPSA) is 153 Å². The van der Waals surface area contributed by atoms with Crippen molar-refractivity contribution < 1.29 is 4.79 Å². The average molecular weight is 445 g/mol. The molecule has 0 spiro atoms.